The second-order valence-electron chi connectivity index (χ2n) is 5.78. The first-order valence-corrected chi connectivity index (χ1v) is 7.46. The standard InChI is InChI=1S/C16H20FNO3/c1-2-18(15-9-21-8-13(15)16(19)20)14-6-3-10-7-11(17)4-5-12(10)14/h4-5,7,13-15H,2-3,6,8-9H2,1H3,(H,19,20). The van der Waals surface area contributed by atoms with Crippen LogP contribution in [0, 0.1) is 11.7 Å². The number of aryl methyl sites for hydroxylation is 1. The summed E-state index contributed by atoms with van der Waals surface area (Å²) in [5, 5.41) is 9.35. The number of benzene rings is 1. The lowest BCUT2D eigenvalue weighted by molar-refractivity contribution is -0.143. The number of halogens is 1. The molecule has 114 valence electrons. The van der Waals surface area contributed by atoms with Gasteiger partial charge in [0, 0.05) is 12.1 Å². The summed E-state index contributed by atoms with van der Waals surface area (Å²) < 4.78 is 18.7. The minimum absolute atomic E-state index is 0.103. The third kappa shape index (κ3) is 2.56. The zero-order valence-corrected chi connectivity index (χ0v) is 12.1. The summed E-state index contributed by atoms with van der Waals surface area (Å²) in [6.07, 6.45) is 1.76. The quantitative estimate of drug-likeness (QED) is 0.925. The van der Waals surface area contributed by atoms with Gasteiger partial charge >= 0.3 is 5.97 Å². The van der Waals surface area contributed by atoms with Crippen LogP contribution in [0.4, 0.5) is 4.39 Å². The molecule has 1 heterocycles. The molecule has 0 bridgehead atoms. The van der Waals surface area contributed by atoms with Gasteiger partial charge in [0.2, 0.25) is 0 Å². The van der Waals surface area contributed by atoms with Gasteiger partial charge in [0.05, 0.1) is 19.1 Å². The molecule has 0 radical (unpaired) electrons. The number of hydrogen-bond acceptors (Lipinski definition) is 3. The highest BCUT2D eigenvalue weighted by Crippen LogP contribution is 2.39. The van der Waals surface area contributed by atoms with Crippen molar-refractivity contribution in [3.05, 3.63) is 35.1 Å². The predicted molar refractivity (Wildman–Crippen MR) is 75.6 cm³/mol. The van der Waals surface area contributed by atoms with Crippen molar-refractivity contribution in [2.45, 2.75) is 31.8 Å². The van der Waals surface area contributed by atoms with E-state index in [0.29, 0.717) is 6.61 Å². The van der Waals surface area contributed by atoms with Crippen molar-refractivity contribution in [1.82, 2.24) is 4.90 Å². The maximum Gasteiger partial charge on any atom is 0.310 e. The first-order valence-electron chi connectivity index (χ1n) is 7.46. The van der Waals surface area contributed by atoms with Crippen LogP contribution >= 0.6 is 0 Å². The third-order valence-electron chi connectivity index (χ3n) is 4.71. The van der Waals surface area contributed by atoms with E-state index in [1.165, 1.54) is 6.07 Å². The first kappa shape index (κ1) is 14.5. The molecule has 21 heavy (non-hydrogen) atoms. The Morgan fingerprint density at radius 1 is 1.48 bits per heavy atom. The molecule has 1 aromatic rings. The molecule has 2 aliphatic rings. The lowest BCUT2D eigenvalue weighted by Crippen LogP contribution is -2.44. The van der Waals surface area contributed by atoms with Gasteiger partial charge in [-0.3, -0.25) is 9.69 Å². The molecule has 1 saturated heterocycles. The summed E-state index contributed by atoms with van der Waals surface area (Å²) in [6, 6.07) is 5.00. The van der Waals surface area contributed by atoms with Crippen molar-refractivity contribution in [1.29, 1.82) is 0 Å². The fourth-order valence-electron chi connectivity index (χ4n) is 3.70. The molecule has 0 aromatic heterocycles. The minimum atomic E-state index is -0.798. The smallest absolute Gasteiger partial charge is 0.310 e. The van der Waals surface area contributed by atoms with Gasteiger partial charge in [0.15, 0.2) is 0 Å². The molecule has 3 rings (SSSR count). The second-order valence-corrected chi connectivity index (χ2v) is 5.78. The highest BCUT2D eigenvalue weighted by atomic mass is 19.1. The Morgan fingerprint density at radius 3 is 3.00 bits per heavy atom. The summed E-state index contributed by atoms with van der Waals surface area (Å²) in [6.45, 7) is 3.54. The van der Waals surface area contributed by atoms with Gasteiger partial charge in [-0.25, -0.2) is 4.39 Å². The van der Waals surface area contributed by atoms with Crippen molar-refractivity contribution in [3.8, 4) is 0 Å². The SMILES string of the molecule is CCN(C1CCc2cc(F)ccc21)C1COCC1C(=O)O. The van der Waals surface area contributed by atoms with Gasteiger partial charge in [-0.15, -0.1) is 0 Å². The van der Waals surface area contributed by atoms with Crippen LogP contribution in [0.3, 0.4) is 0 Å². The number of hydrogen-bond donors (Lipinski definition) is 1. The molecule has 1 aliphatic carbocycles. The molecular weight excluding hydrogens is 273 g/mol. The van der Waals surface area contributed by atoms with Gasteiger partial charge in [-0.1, -0.05) is 13.0 Å². The molecule has 3 atom stereocenters. The van der Waals surface area contributed by atoms with Gasteiger partial charge in [0.1, 0.15) is 5.82 Å². The van der Waals surface area contributed by atoms with Gasteiger partial charge in [0.25, 0.3) is 0 Å². The van der Waals surface area contributed by atoms with E-state index in [-0.39, 0.29) is 24.5 Å². The Balaban J connectivity index is 1.87. The van der Waals surface area contributed by atoms with Crippen molar-refractivity contribution < 1.29 is 19.0 Å². The normalized spacial score (nSPS) is 28.0. The van der Waals surface area contributed by atoms with E-state index in [1.807, 2.05) is 13.0 Å². The molecule has 0 spiro atoms. The van der Waals surface area contributed by atoms with Crippen LogP contribution < -0.4 is 0 Å². The fraction of sp³-hybridized carbons (Fsp3) is 0.562. The second kappa shape index (κ2) is 5.73. The summed E-state index contributed by atoms with van der Waals surface area (Å²) in [5.41, 5.74) is 2.18. The molecule has 1 aromatic carbocycles. The molecule has 4 nitrogen and oxygen atoms in total. The van der Waals surface area contributed by atoms with Crippen LogP contribution in [0.5, 0.6) is 0 Å². The number of carboxylic acids is 1. The largest absolute Gasteiger partial charge is 0.481 e. The van der Waals surface area contributed by atoms with Crippen LogP contribution in [0.25, 0.3) is 0 Å². The number of fused-ring (bicyclic) bond motifs is 1. The number of carboxylic acid groups (broad SMARTS) is 1. The van der Waals surface area contributed by atoms with Crippen LogP contribution in [0.2, 0.25) is 0 Å². The first-order chi connectivity index (χ1) is 10.1. The summed E-state index contributed by atoms with van der Waals surface area (Å²) in [4.78, 5) is 13.6. The highest BCUT2D eigenvalue weighted by Gasteiger charge is 2.41. The van der Waals surface area contributed by atoms with Gasteiger partial charge in [-0.05, 0) is 42.6 Å². The number of likely N-dealkylation sites (N-methyl/N-ethyl adjacent to an activating group) is 1. The summed E-state index contributed by atoms with van der Waals surface area (Å²) in [7, 11) is 0. The number of aliphatic carboxylic acids is 1. The van der Waals surface area contributed by atoms with Crippen LogP contribution in [0.15, 0.2) is 18.2 Å². The monoisotopic (exact) mass is 293 g/mol. The van der Waals surface area contributed by atoms with Crippen molar-refractivity contribution in [3.63, 3.8) is 0 Å². The Morgan fingerprint density at radius 2 is 2.29 bits per heavy atom. The number of carbonyl (C=O) groups is 1. The van der Waals surface area contributed by atoms with E-state index in [2.05, 4.69) is 4.90 Å². The van der Waals surface area contributed by atoms with E-state index in [1.54, 1.807) is 6.07 Å². The molecular formula is C16H20FNO3. The van der Waals surface area contributed by atoms with Gasteiger partial charge in [-0.2, -0.15) is 0 Å². The average Bonchev–Trinajstić information content (AvgIpc) is 3.07. The summed E-state index contributed by atoms with van der Waals surface area (Å²) >= 11 is 0. The van der Waals surface area contributed by atoms with E-state index in [9.17, 15) is 14.3 Å². The zero-order chi connectivity index (χ0) is 15.0. The third-order valence-corrected chi connectivity index (χ3v) is 4.71. The van der Waals surface area contributed by atoms with Crippen LogP contribution in [0.1, 0.15) is 30.5 Å². The van der Waals surface area contributed by atoms with Crippen molar-refractivity contribution in [2.75, 3.05) is 19.8 Å². The van der Waals surface area contributed by atoms with Crippen molar-refractivity contribution in [2.24, 2.45) is 5.92 Å². The number of ether oxygens (including phenoxy) is 1. The zero-order valence-electron chi connectivity index (χ0n) is 12.1. The van der Waals surface area contributed by atoms with E-state index in [4.69, 9.17) is 4.74 Å². The molecule has 1 aliphatic heterocycles. The van der Waals surface area contributed by atoms with E-state index >= 15 is 0 Å². The molecule has 0 amide bonds. The lowest BCUT2D eigenvalue weighted by atomic mass is 9.98. The maximum absolute atomic E-state index is 13.3. The fourth-order valence-corrected chi connectivity index (χ4v) is 3.70. The number of nitrogens with zero attached hydrogens (tertiary/aromatic N) is 1. The Bertz CT molecular complexity index is 548. The molecule has 5 heteroatoms. The summed E-state index contributed by atoms with van der Waals surface area (Å²) in [5.74, 6) is -1.48. The lowest BCUT2D eigenvalue weighted by Gasteiger charge is -2.35. The Hall–Kier alpha value is -1.46. The Kier molecular flexibility index (Phi) is 3.95. The van der Waals surface area contributed by atoms with E-state index in [0.717, 1.165) is 30.5 Å². The predicted octanol–water partition coefficient (Wildman–Crippen LogP) is 2.23. The Labute approximate surface area is 123 Å². The van der Waals surface area contributed by atoms with Gasteiger partial charge < -0.3 is 9.84 Å². The minimum Gasteiger partial charge on any atom is -0.481 e. The molecule has 1 N–H and O–H groups in total. The molecule has 1 fully saturated rings. The average molecular weight is 293 g/mol. The topological polar surface area (TPSA) is 49.8 Å². The number of rotatable bonds is 4. The van der Waals surface area contributed by atoms with E-state index < -0.39 is 11.9 Å². The molecule has 3 unspecified atom stereocenters. The van der Waals surface area contributed by atoms with Crippen molar-refractivity contribution >= 4 is 5.97 Å². The van der Waals surface area contributed by atoms with Crippen LogP contribution in [-0.2, 0) is 16.0 Å². The maximum atomic E-state index is 13.3. The highest BCUT2D eigenvalue weighted by molar-refractivity contribution is 5.71. The molecule has 0 saturated carbocycles. The van der Waals surface area contributed by atoms with Crippen LogP contribution in [-0.4, -0.2) is 41.8 Å².